The first kappa shape index (κ1) is 10.0. The summed E-state index contributed by atoms with van der Waals surface area (Å²) in [7, 11) is 0. The molecule has 0 aromatic rings. The molecule has 2 unspecified atom stereocenters. The quantitative estimate of drug-likeness (QED) is 0.689. The van der Waals surface area contributed by atoms with Crippen LogP contribution in [0.3, 0.4) is 0 Å². The summed E-state index contributed by atoms with van der Waals surface area (Å²) in [5, 5.41) is 0. The van der Waals surface area contributed by atoms with Gasteiger partial charge in [0.15, 0.2) is 0 Å². The molecule has 0 radical (unpaired) electrons. The second-order valence-electron chi connectivity index (χ2n) is 4.86. The van der Waals surface area contributed by atoms with Gasteiger partial charge in [-0.1, -0.05) is 0 Å². The highest BCUT2D eigenvalue weighted by atomic mass is 16.5. The van der Waals surface area contributed by atoms with Crippen molar-refractivity contribution in [2.24, 2.45) is 11.7 Å². The predicted octanol–water partition coefficient (Wildman–Crippen LogP) is 1.93. The normalized spacial score (nSPS) is 31.0. The Labute approximate surface area is 75.5 Å². The van der Waals surface area contributed by atoms with Gasteiger partial charge in [0.05, 0.1) is 12.2 Å². The highest BCUT2D eigenvalue weighted by Crippen LogP contribution is 2.25. The van der Waals surface area contributed by atoms with Crippen LogP contribution < -0.4 is 5.73 Å². The molecule has 1 saturated carbocycles. The van der Waals surface area contributed by atoms with Crippen LogP contribution in [-0.4, -0.2) is 18.2 Å². The minimum Gasteiger partial charge on any atom is -0.376 e. The van der Waals surface area contributed by atoms with E-state index in [2.05, 4.69) is 20.8 Å². The fourth-order valence-electron chi connectivity index (χ4n) is 1.63. The SMILES string of the molecule is CC(C)(C)OCC1CCC(N)C1. The van der Waals surface area contributed by atoms with E-state index in [-0.39, 0.29) is 5.60 Å². The van der Waals surface area contributed by atoms with E-state index in [9.17, 15) is 0 Å². The first-order valence-electron chi connectivity index (χ1n) is 4.87. The van der Waals surface area contributed by atoms with E-state index < -0.39 is 0 Å². The minimum atomic E-state index is 0.00663. The summed E-state index contributed by atoms with van der Waals surface area (Å²) in [6.07, 6.45) is 3.57. The van der Waals surface area contributed by atoms with Crippen LogP contribution in [0.25, 0.3) is 0 Å². The molecule has 72 valence electrons. The van der Waals surface area contributed by atoms with E-state index in [1.165, 1.54) is 12.8 Å². The smallest absolute Gasteiger partial charge is 0.0598 e. The molecule has 0 heterocycles. The molecule has 0 aliphatic heterocycles. The molecule has 12 heavy (non-hydrogen) atoms. The van der Waals surface area contributed by atoms with Crippen LogP contribution in [0, 0.1) is 5.92 Å². The Morgan fingerprint density at radius 3 is 2.42 bits per heavy atom. The lowest BCUT2D eigenvalue weighted by molar-refractivity contribution is -0.0212. The Balaban J connectivity index is 2.16. The van der Waals surface area contributed by atoms with Crippen molar-refractivity contribution in [3.8, 4) is 0 Å². The Kier molecular flexibility index (Phi) is 3.13. The van der Waals surface area contributed by atoms with Gasteiger partial charge in [0, 0.05) is 6.04 Å². The first-order valence-corrected chi connectivity index (χ1v) is 4.87. The molecule has 0 amide bonds. The molecule has 0 aromatic heterocycles. The Bertz CT molecular complexity index is 139. The van der Waals surface area contributed by atoms with Crippen LogP contribution in [0.15, 0.2) is 0 Å². The highest BCUT2D eigenvalue weighted by molar-refractivity contribution is 4.78. The Morgan fingerprint density at radius 1 is 1.33 bits per heavy atom. The van der Waals surface area contributed by atoms with E-state index in [1.54, 1.807) is 0 Å². The summed E-state index contributed by atoms with van der Waals surface area (Å²) in [6, 6.07) is 0.429. The van der Waals surface area contributed by atoms with Gasteiger partial charge in [-0.25, -0.2) is 0 Å². The zero-order valence-corrected chi connectivity index (χ0v) is 8.47. The topological polar surface area (TPSA) is 35.2 Å². The molecule has 0 bridgehead atoms. The van der Waals surface area contributed by atoms with Gasteiger partial charge >= 0.3 is 0 Å². The van der Waals surface area contributed by atoms with Gasteiger partial charge < -0.3 is 10.5 Å². The molecular weight excluding hydrogens is 150 g/mol. The fraction of sp³-hybridized carbons (Fsp3) is 1.00. The maximum atomic E-state index is 5.81. The lowest BCUT2D eigenvalue weighted by Crippen LogP contribution is -2.23. The summed E-state index contributed by atoms with van der Waals surface area (Å²) in [4.78, 5) is 0. The van der Waals surface area contributed by atoms with Crippen molar-refractivity contribution in [1.82, 2.24) is 0 Å². The first-order chi connectivity index (χ1) is 5.47. The minimum absolute atomic E-state index is 0.00663. The lowest BCUT2D eigenvalue weighted by atomic mass is 10.1. The van der Waals surface area contributed by atoms with Crippen molar-refractivity contribution < 1.29 is 4.74 Å². The third kappa shape index (κ3) is 3.55. The zero-order valence-electron chi connectivity index (χ0n) is 8.47. The standard InChI is InChI=1S/C10H21NO/c1-10(2,3)12-7-8-4-5-9(11)6-8/h8-9H,4-7,11H2,1-3H3. The molecule has 2 atom stereocenters. The van der Waals surface area contributed by atoms with E-state index in [0.717, 1.165) is 13.0 Å². The third-order valence-electron chi connectivity index (χ3n) is 2.33. The molecule has 2 nitrogen and oxygen atoms in total. The summed E-state index contributed by atoms with van der Waals surface area (Å²) >= 11 is 0. The van der Waals surface area contributed by atoms with Crippen LogP contribution in [0.1, 0.15) is 40.0 Å². The molecule has 2 N–H and O–H groups in total. The van der Waals surface area contributed by atoms with Crippen molar-refractivity contribution in [1.29, 1.82) is 0 Å². The van der Waals surface area contributed by atoms with E-state index in [4.69, 9.17) is 10.5 Å². The second-order valence-corrected chi connectivity index (χ2v) is 4.86. The van der Waals surface area contributed by atoms with E-state index in [0.29, 0.717) is 12.0 Å². The van der Waals surface area contributed by atoms with Crippen LogP contribution in [0.2, 0.25) is 0 Å². The monoisotopic (exact) mass is 171 g/mol. The van der Waals surface area contributed by atoms with Crippen LogP contribution in [0.4, 0.5) is 0 Å². The Hall–Kier alpha value is -0.0800. The average molecular weight is 171 g/mol. The van der Waals surface area contributed by atoms with Crippen molar-refractivity contribution in [2.75, 3.05) is 6.61 Å². The lowest BCUT2D eigenvalue weighted by Gasteiger charge is -2.22. The number of hydrogen-bond acceptors (Lipinski definition) is 2. The van der Waals surface area contributed by atoms with Crippen molar-refractivity contribution in [2.45, 2.75) is 51.7 Å². The van der Waals surface area contributed by atoms with Gasteiger partial charge in [-0.2, -0.15) is 0 Å². The largest absolute Gasteiger partial charge is 0.376 e. The maximum absolute atomic E-state index is 5.81. The van der Waals surface area contributed by atoms with Crippen molar-refractivity contribution in [3.63, 3.8) is 0 Å². The maximum Gasteiger partial charge on any atom is 0.0598 e. The molecule has 0 saturated heterocycles. The van der Waals surface area contributed by atoms with Crippen LogP contribution >= 0.6 is 0 Å². The van der Waals surface area contributed by atoms with Crippen molar-refractivity contribution >= 4 is 0 Å². The summed E-state index contributed by atoms with van der Waals surface area (Å²) in [5.74, 6) is 0.708. The molecular formula is C10H21NO. The predicted molar refractivity (Wildman–Crippen MR) is 51.0 cm³/mol. The van der Waals surface area contributed by atoms with Gasteiger partial charge in [0.1, 0.15) is 0 Å². The molecule has 1 fully saturated rings. The van der Waals surface area contributed by atoms with Crippen molar-refractivity contribution in [3.05, 3.63) is 0 Å². The third-order valence-corrected chi connectivity index (χ3v) is 2.33. The van der Waals surface area contributed by atoms with Gasteiger partial charge in [0.25, 0.3) is 0 Å². The zero-order chi connectivity index (χ0) is 9.19. The summed E-state index contributed by atoms with van der Waals surface area (Å²) < 4.78 is 5.71. The fourth-order valence-corrected chi connectivity index (χ4v) is 1.63. The van der Waals surface area contributed by atoms with Gasteiger partial charge in [-0.3, -0.25) is 0 Å². The Morgan fingerprint density at radius 2 is 2.00 bits per heavy atom. The summed E-state index contributed by atoms with van der Waals surface area (Å²) in [5.41, 5.74) is 5.82. The summed E-state index contributed by atoms with van der Waals surface area (Å²) in [6.45, 7) is 7.18. The van der Waals surface area contributed by atoms with E-state index in [1.807, 2.05) is 0 Å². The average Bonchev–Trinajstić information content (AvgIpc) is 2.30. The van der Waals surface area contributed by atoms with Gasteiger partial charge in [-0.15, -0.1) is 0 Å². The number of ether oxygens (including phenoxy) is 1. The van der Waals surface area contributed by atoms with Gasteiger partial charge in [-0.05, 0) is 46.0 Å². The number of nitrogens with two attached hydrogens (primary N) is 1. The molecule has 0 aromatic carbocycles. The van der Waals surface area contributed by atoms with Gasteiger partial charge in [0.2, 0.25) is 0 Å². The molecule has 1 rings (SSSR count). The highest BCUT2D eigenvalue weighted by Gasteiger charge is 2.23. The van der Waals surface area contributed by atoms with Crippen LogP contribution in [-0.2, 0) is 4.74 Å². The van der Waals surface area contributed by atoms with Crippen LogP contribution in [0.5, 0.6) is 0 Å². The number of rotatable bonds is 2. The molecule has 1 aliphatic carbocycles. The molecule has 1 aliphatic rings. The molecule has 0 spiro atoms. The second kappa shape index (κ2) is 3.75. The molecule has 2 heteroatoms. The number of hydrogen-bond donors (Lipinski definition) is 1. The van der Waals surface area contributed by atoms with E-state index >= 15 is 0 Å².